The van der Waals surface area contributed by atoms with Crippen molar-refractivity contribution in [1.82, 2.24) is 14.9 Å². The Kier molecular flexibility index (Phi) is 4.39. The van der Waals surface area contributed by atoms with Crippen LogP contribution in [0.2, 0.25) is 0 Å². The number of rotatable bonds is 5. The molecule has 2 N–H and O–H groups in total. The van der Waals surface area contributed by atoms with E-state index < -0.39 is 6.10 Å². The number of fused-ring (bicyclic) bond motifs is 1. The number of nitrogens with zero attached hydrogens (tertiary/aromatic N) is 2. The molecule has 0 aliphatic rings. The molecule has 0 aliphatic heterocycles. The number of aromatic nitrogens is 2. The van der Waals surface area contributed by atoms with Crippen molar-refractivity contribution in [2.75, 3.05) is 6.54 Å². The molecular weight excluding hydrogens is 254 g/mol. The molecule has 0 radical (unpaired) electrons. The zero-order valence-corrected chi connectivity index (χ0v) is 12.1. The van der Waals surface area contributed by atoms with Gasteiger partial charge in [-0.3, -0.25) is 4.79 Å². The first kappa shape index (κ1) is 14.5. The molecule has 1 amide bonds. The summed E-state index contributed by atoms with van der Waals surface area (Å²) < 4.78 is 1.84. The molecule has 0 fully saturated rings. The predicted octanol–water partition coefficient (Wildman–Crippen LogP) is 1.73. The Bertz CT molecular complexity index is 592. The number of aliphatic hydroxyl groups is 1. The summed E-state index contributed by atoms with van der Waals surface area (Å²) in [5.41, 5.74) is 1.80. The average molecular weight is 275 g/mol. The van der Waals surface area contributed by atoms with Crippen LogP contribution in [0.4, 0.5) is 0 Å². The highest BCUT2D eigenvalue weighted by atomic mass is 16.3. The van der Waals surface area contributed by atoms with Gasteiger partial charge in [0.2, 0.25) is 5.91 Å². The summed E-state index contributed by atoms with van der Waals surface area (Å²) in [7, 11) is 0. The van der Waals surface area contributed by atoms with E-state index in [1.165, 1.54) is 0 Å². The fourth-order valence-corrected chi connectivity index (χ4v) is 2.00. The molecule has 5 nitrogen and oxygen atoms in total. The lowest BCUT2D eigenvalue weighted by Crippen LogP contribution is -2.38. The van der Waals surface area contributed by atoms with E-state index in [-0.39, 0.29) is 24.4 Å². The summed E-state index contributed by atoms with van der Waals surface area (Å²) in [4.78, 5) is 16.4. The average Bonchev–Trinajstić information content (AvgIpc) is 2.87. The smallest absolute Gasteiger partial charge is 0.242 e. The molecule has 2 unspecified atom stereocenters. The molecule has 2 aromatic rings. The monoisotopic (exact) mass is 275 g/mol. The predicted molar refractivity (Wildman–Crippen MR) is 78.3 cm³/mol. The van der Waals surface area contributed by atoms with Crippen molar-refractivity contribution in [3.8, 4) is 0 Å². The van der Waals surface area contributed by atoms with E-state index in [1.54, 1.807) is 6.33 Å². The topological polar surface area (TPSA) is 67.2 Å². The summed E-state index contributed by atoms with van der Waals surface area (Å²) in [6.45, 7) is 5.94. The molecule has 0 spiro atoms. The van der Waals surface area contributed by atoms with Gasteiger partial charge in [0.1, 0.15) is 6.04 Å². The van der Waals surface area contributed by atoms with Crippen LogP contribution in [-0.2, 0) is 4.79 Å². The normalized spacial score (nSPS) is 14.4. The molecule has 0 saturated heterocycles. The maximum absolute atomic E-state index is 12.1. The molecule has 0 saturated carbocycles. The Morgan fingerprint density at radius 3 is 2.75 bits per heavy atom. The Morgan fingerprint density at radius 2 is 2.05 bits per heavy atom. The highest BCUT2D eigenvalue weighted by Gasteiger charge is 2.18. The molecule has 0 aliphatic carbocycles. The van der Waals surface area contributed by atoms with Gasteiger partial charge in [0, 0.05) is 6.54 Å². The first-order chi connectivity index (χ1) is 9.50. The number of benzene rings is 1. The first-order valence-corrected chi connectivity index (χ1v) is 6.88. The van der Waals surface area contributed by atoms with E-state index in [0.717, 1.165) is 11.0 Å². The van der Waals surface area contributed by atoms with Crippen molar-refractivity contribution >= 4 is 16.9 Å². The summed E-state index contributed by atoms with van der Waals surface area (Å²) in [5.74, 6) is 0.00698. The van der Waals surface area contributed by atoms with E-state index in [0.29, 0.717) is 0 Å². The molecule has 1 aromatic heterocycles. The molecule has 1 aromatic carbocycles. The number of imidazole rings is 1. The minimum Gasteiger partial charge on any atom is -0.391 e. The third-order valence-corrected chi connectivity index (χ3v) is 3.53. The quantitative estimate of drug-likeness (QED) is 0.873. The van der Waals surface area contributed by atoms with Crippen LogP contribution in [0.15, 0.2) is 30.6 Å². The number of carbonyl (C=O) groups is 1. The van der Waals surface area contributed by atoms with Crippen LogP contribution in [0.5, 0.6) is 0 Å². The fraction of sp³-hybridized carbons (Fsp3) is 0.467. The number of aliphatic hydroxyl groups excluding tert-OH is 1. The molecular formula is C15H21N3O2. The molecule has 108 valence electrons. The summed E-state index contributed by atoms with van der Waals surface area (Å²) in [6, 6.07) is 7.34. The van der Waals surface area contributed by atoms with Crippen LogP contribution in [0.3, 0.4) is 0 Å². The third kappa shape index (κ3) is 2.99. The van der Waals surface area contributed by atoms with Gasteiger partial charge in [-0.2, -0.15) is 0 Å². The van der Waals surface area contributed by atoms with Crippen LogP contribution in [0, 0.1) is 5.92 Å². The first-order valence-electron chi connectivity index (χ1n) is 6.88. The maximum Gasteiger partial charge on any atom is 0.242 e. The lowest BCUT2D eigenvalue weighted by molar-refractivity contribution is -0.124. The zero-order valence-electron chi connectivity index (χ0n) is 12.1. The van der Waals surface area contributed by atoms with Crippen molar-refractivity contribution in [1.29, 1.82) is 0 Å². The molecule has 2 rings (SSSR count). The van der Waals surface area contributed by atoms with E-state index >= 15 is 0 Å². The van der Waals surface area contributed by atoms with E-state index in [4.69, 9.17) is 0 Å². The Morgan fingerprint density at radius 1 is 1.35 bits per heavy atom. The zero-order chi connectivity index (χ0) is 14.7. The van der Waals surface area contributed by atoms with Gasteiger partial charge in [0.15, 0.2) is 0 Å². The molecule has 20 heavy (non-hydrogen) atoms. The van der Waals surface area contributed by atoms with Gasteiger partial charge < -0.3 is 15.0 Å². The second-order valence-electron chi connectivity index (χ2n) is 5.37. The van der Waals surface area contributed by atoms with Gasteiger partial charge in [0.05, 0.1) is 23.5 Å². The van der Waals surface area contributed by atoms with E-state index in [2.05, 4.69) is 10.3 Å². The fourth-order valence-electron chi connectivity index (χ4n) is 2.00. The van der Waals surface area contributed by atoms with Crippen molar-refractivity contribution in [2.45, 2.75) is 32.9 Å². The van der Waals surface area contributed by atoms with E-state index in [1.807, 2.05) is 49.6 Å². The molecule has 5 heteroatoms. The van der Waals surface area contributed by atoms with Crippen LogP contribution in [-0.4, -0.2) is 33.2 Å². The van der Waals surface area contributed by atoms with Crippen LogP contribution >= 0.6 is 0 Å². The lowest BCUT2D eigenvalue weighted by Gasteiger charge is -2.18. The van der Waals surface area contributed by atoms with Crippen LogP contribution < -0.4 is 5.32 Å². The van der Waals surface area contributed by atoms with Crippen LogP contribution in [0.25, 0.3) is 11.0 Å². The second kappa shape index (κ2) is 6.05. The van der Waals surface area contributed by atoms with Crippen molar-refractivity contribution in [3.63, 3.8) is 0 Å². The van der Waals surface area contributed by atoms with Crippen LogP contribution in [0.1, 0.15) is 26.8 Å². The van der Waals surface area contributed by atoms with Crippen molar-refractivity contribution < 1.29 is 9.90 Å². The second-order valence-corrected chi connectivity index (χ2v) is 5.37. The van der Waals surface area contributed by atoms with Gasteiger partial charge >= 0.3 is 0 Å². The largest absolute Gasteiger partial charge is 0.391 e. The minimum absolute atomic E-state index is 0.118. The Labute approximate surface area is 118 Å². The molecule has 2 atom stereocenters. The van der Waals surface area contributed by atoms with Gasteiger partial charge in [-0.15, -0.1) is 0 Å². The number of carbonyl (C=O) groups excluding carboxylic acids is 1. The summed E-state index contributed by atoms with van der Waals surface area (Å²) in [5, 5.41) is 12.5. The molecule has 0 bridgehead atoms. The number of nitrogens with one attached hydrogen (secondary N) is 1. The number of hydrogen-bond acceptors (Lipinski definition) is 3. The van der Waals surface area contributed by atoms with Crippen molar-refractivity contribution in [2.24, 2.45) is 5.92 Å². The highest BCUT2D eigenvalue weighted by molar-refractivity contribution is 5.83. The Balaban J connectivity index is 2.07. The standard InChI is InChI=1S/C15H21N3O2/c1-10(2)14(19)8-16-15(20)11(3)18-9-17-12-6-4-5-7-13(12)18/h4-7,9-11,14,19H,8H2,1-3H3,(H,16,20). The maximum atomic E-state index is 12.1. The SMILES string of the molecule is CC(C)C(O)CNC(=O)C(C)n1cnc2ccccc21. The summed E-state index contributed by atoms with van der Waals surface area (Å²) in [6.07, 6.45) is 1.15. The minimum atomic E-state index is -0.523. The summed E-state index contributed by atoms with van der Waals surface area (Å²) >= 11 is 0. The van der Waals surface area contributed by atoms with Gasteiger partial charge in [0.25, 0.3) is 0 Å². The number of amides is 1. The van der Waals surface area contributed by atoms with Gasteiger partial charge in [-0.05, 0) is 25.0 Å². The van der Waals surface area contributed by atoms with E-state index in [9.17, 15) is 9.90 Å². The molecule has 1 heterocycles. The van der Waals surface area contributed by atoms with Crippen molar-refractivity contribution in [3.05, 3.63) is 30.6 Å². The van der Waals surface area contributed by atoms with Gasteiger partial charge in [-0.25, -0.2) is 4.98 Å². The number of hydrogen-bond donors (Lipinski definition) is 2. The Hall–Kier alpha value is -1.88. The third-order valence-electron chi connectivity index (χ3n) is 3.53. The number of para-hydroxylation sites is 2. The van der Waals surface area contributed by atoms with Gasteiger partial charge in [-0.1, -0.05) is 26.0 Å². The highest BCUT2D eigenvalue weighted by Crippen LogP contribution is 2.17. The lowest BCUT2D eigenvalue weighted by atomic mass is 10.1.